The molecule has 0 saturated carbocycles. The average Bonchev–Trinajstić information content (AvgIpc) is 2.55. The van der Waals surface area contributed by atoms with Crippen LogP contribution in [0.3, 0.4) is 0 Å². The molecule has 0 aliphatic carbocycles. The smallest absolute Gasteiger partial charge is 0.268 e. The number of allylic oxidation sites excluding steroid dienone is 2. The standard InChI is InChI=1S/C18H28ClN3O2/c1-5-7-9-16(18(19)24)22-13-12-21(14-15(22)3)17(23)10-8-11-20(4)6-2/h8-10H,3,5-7,11-14H2,1-2,4H3/b10-8+,16-9-. The summed E-state index contributed by atoms with van der Waals surface area (Å²) in [5.41, 5.74) is 1.18. The van der Waals surface area contributed by atoms with Gasteiger partial charge in [-0.05, 0) is 31.6 Å². The van der Waals surface area contributed by atoms with Crippen LogP contribution in [0.25, 0.3) is 0 Å². The molecule has 1 aliphatic heterocycles. The zero-order chi connectivity index (χ0) is 18.1. The van der Waals surface area contributed by atoms with E-state index in [-0.39, 0.29) is 5.91 Å². The highest BCUT2D eigenvalue weighted by molar-refractivity contribution is 6.67. The van der Waals surface area contributed by atoms with E-state index in [2.05, 4.69) is 18.4 Å². The summed E-state index contributed by atoms with van der Waals surface area (Å²) in [6, 6.07) is 0. The second-order valence-electron chi connectivity index (χ2n) is 5.89. The van der Waals surface area contributed by atoms with Crippen molar-refractivity contribution in [2.24, 2.45) is 0 Å². The molecule has 0 atom stereocenters. The van der Waals surface area contributed by atoms with Crippen molar-refractivity contribution in [3.63, 3.8) is 0 Å². The molecule has 5 nitrogen and oxygen atoms in total. The molecule has 1 aliphatic rings. The normalized spacial score (nSPS) is 16.4. The fourth-order valence-corrected chi connectivity index (χ4v) is 2.57. The lowest BCUT2D eigenvalue weighted by Crippen LogP contribution is -2.46. The molecule has 0 aromatic rings. The SMILES string of the molecule is C=C1CN(C(=O)/C=C/CN(C)CC)CCN1/C(=C\CCC)C(=O)Cl. The van der Waals surface area contributed by atoms with Gasteiger partial charge in [0.15, 0.2) is 0 Å². The van der Waals surface area contributed by atoms with Gasteiger partial charge in [-0.3, -0.25) is 9.59 Å². The number of rotatable bonds is 8. The average molecular weight is 354 g/mol. The van der Waals surface area contributed by atoms with Gasteiger partial charge in [-0.1, -0.05) is 39.0 Å². The Morgan fingerprint density at radius 3 is 2.58 bits per heavy atom. The summed E-state index contributed by atoms with van der Waals surface area (Å²) < 4.78 is 0. The van der Waals surface area contributed by atoms with E-state index in [0.717, 1.165) is 25.9 Å². The van der Waals surface area contributed by atoms with Gasteiger partial charge in [-0.2, -0.15) is 0 Å². The topological polar surface area (TPSA) is 43.9 Å². The molecule has 0 aromatic carbocycles. The third-order valence-corrected chi connectivity index (χ3v) is 4.19. The van der Waals surface area contributed by atoms with Gasteiger partial charge in [0.05, 0.1) is 12.2 Å². The van der Waals surface area contributed by atoms with Crippen molar-refractivity contribution in [2.75, 3.05) is 39.8 Å². The van der Waals surface area contributed by atoms with Crippen LogP contribution in [0, 0.1) is 0 Å². The number of hydrogen-bond acceptors (Lipinski definition) is 4. The maximum atomic E-state index is 12.2. The summed E-state index contributed by atoms with van der Waals surface area (Å²) >= 11 is 5.70. The van der Waals surface area contributed by atoms with Gasteiger partial charge in [0.1, 0.15) is 0 Å². The van der Waals surface area contributed by atoms with Crippen LogP contribution in [0.5, 0.6) is 0 Å². The Morgan fingerprint density at radius 1 is 1.33 bits per heavy atom. The highest BCUT2D eigenvalue weighted by Gasteiger charge is 2.26. The van der Waals surface area contributed by atoms with Crippen molar-refractivity contribution < 1.29 is 9.59 Å². The van der Waals surface area contributed by atoms with Crippen LogP contribution >= 0.6 is 11.6 Å². The van der Waals surface area contributed by atoms with E-state index in [4.69, 9.17) is 11.6 Å². The largest absolute Gasteiger partial charge is 0.338 e. The monoisotopic (exact) mass is 353 g/mol. The number of piperazine rings is 1. The van der Waals surface area contributed by atoms with Gasteiger partial charge in [0.25, 0.3) is 5.24 Å². The van der Waals surface area contributed by atoms with E-state index < -0.39 is 5.24 Å². The van der Waals surface area contributed by atoms with Gasteiger partial charge in [0.2, 0.25) is 5.91 Å². The summed E-state index contributed by atoms with van der Waals surface area (Å²) in [5.74, 6) is -0.0309. The van der Waals surface area contributed by atoms with Crippen molar-refractivity contribution in [1.29, 1.82) is 0 Å². The number of likely N-dealkylation sites (N-methyl/N-ethyl adjacent to an activating group) is 1. The lowest BCUT2D eigenvalue weighted by atomic mass is 10.2. The summed E-state index contributed by atoms with van der Waals surface area (Å²) in [7, 11) is 2.00. The van der Waals surface area contributed by atoms with Crippen molar-refractivity contribution in [3.8, 4) is 0 Å². The minimum Gasteiger partial charge on any atom is -0.338 e. The molecule has 1 rings (SSSR count). The van der Waals surface area contributed by atoms with Gasteiger partial charge in [-0.15, -0.1) is 0 Å². The summed E-state index contributed by atoms with van der Waals surface area (Å²) in [4.78, 5) is 29.6. The predicted octanol–water partition coefficient (Wildman–Crippen LogP) is 2.60. The molecule has 134 valence electrons. The molecule has 0 N–H and O–H groups in total. The molecular weight excluding hydrogens is 326 g/mol. The molecular formula is C18H28ClN3O2. The van der Waals surface area contributed by atoms with E-state index in [0.29, 0.717) is 31.0 Å². The highest BCUT2D eigenvalue weighted by atomic mass is 35.5. The Labute approximate surface area is 150 Å². The molecule has 0 unspecified atom stereocenters. The third-order valence-electron chi connectivity index (χ3n) is 4.00. The number of hydrogen-bond donors (Lipinski definition) is 0. The first-order valence-electron chi connectivity index (χ1n) is 8.39. The molecule has 1 saturated heterocycles. The molecule has 0 radical (unpaired) electrons. The third kappa shape index (κ3) is 6.13. The van der Waals surface area contributed by atoms with Crippen molar-refractivity contribution in [1.82, 2.24) is 14.7 Å². The van der Waals surface area contributed by atoms with E-state index in [1.54, 1.807) is 11.0 Å². The second-order valence-corrected chi connectivity index (χ2v) is 6.23. The molecule has 1 amide bonds. The van der Waals surface area contributed by atoms with E-state index in [9.17, 15) is 9.59 Å². The summed E-state index contributed by atoms with van der Waals surface area (Å²) in [6.07, 6.45) is 7.05. The lowest BCUT2D eigenvalue weighted by Gasteiger charge is -2.37. The van der Waals surface area contributed by atoms with Gasteiger partial charge in [-0.25, -0.2) is 0 Å². The highest BCUT2D eigenvalue weighted by Crippen LogP contribution is 2.20. The number of carbonyl (C=O) groups is 2. The van der Waals surface area contributed by atoms with Crippen LogP contribution in [0.15, 0.2) is 36.2 Å². The van der Waals surface area contributed by atoms with E-state index >= 15 is 0 Å². The Kier molecular flexibility index (Phi) is 8.79. The molecule has 1 fully saturated rings. The Balaban J connectivity index is 2.66. The van der Waals surface area contributed by atoms with Crippen LogP contribution in [-0.2, 0) is 9.59 Å². The van der Waals surface area contributed by atoms with Crippen LogP contribution in [-0.4, -0.2) is 65.6 Å². The minimum atomic E-state index is -0.480. The number of unbranched alkanes of at least 4 members (excludes halogenated alkanes) is 1. The second kappa shape index (κ2) is 10.3. The number of carbonyl (C=O) groups excluding carboxylic acids is 2. The van der Waals surface area contributed by atoms with Gasteiger partial charge >= 0.3 is 0 Å². The van der Waals surface area contributed by atoms with Crippen molar-refractivity contribution in [3.05, 3.63) is 36.2 Å². The molecule has 0 spiro atoms. The maximum absolute atomic E-state index is 12.2. The molecule has 6 heteroatoms. The van der Waals surface area contributed by atoms with Crippen LogP contribution in [0.2, 0.25) is 0 Å². The first-order valence-corrected chi connectivity index (χ1v) is 8.77. The van der Waals surface area contributed by atoms with Crippen LogP contribution < -0.4 is 0 Å². The summed E-state index contributed by atoms with van der Waals surface area (Å²) in [5, 5.41) is -0.480. The molecule has 0 bridgehead atoms. The quantitative estimate of drug-likeness (QED) is 0.497. The fraction of sp³-hybridized carbons (Fsp3) is 0.556. The Hall–Kier alpha value is -1.59. The van der Waals surface area contributed by atoms with Gasteiger partial charge < -0.3 is 14.7 Å². The Bertz CT molecular complexity index is 528. The lowest BCUT2D eigenvalue weighted by molar-refractivity contribution is -0.126. The fourth-order valence-electron chi connectivity index (χ4n) is 2.39. The zero-order valence-corrected chi connectivity index (χ0v) is 15.7. The number of nitrogens with zero attached hydrogens (tertiary/aromatic N) is 3. The molecule has 1 heterocycles. The van der Waals surface area contributed by atoms with E-state index in [1.807, 2.05) is 31.0 Å². The van der Waals surface area contributed by atoms with Crippen LogP contribution in [0.1, 0.15) is 26.7 Å². The zero-order valence-electron chi connectivity index (χ0n) is 14.9. The first kappa shape index (κ1) is 20.5. The summed E-state index contributed by atoms with van der Waals surface area (Å²) in [6.45, 7) is 11.3. The van der Waals surface area contributed by atoms with Crippen molar-refractivity contribution >= 4 is 22.8 Å². The minimum absolute atomic E-state index is 0.0309. The first-order chi connectivity index (χ1) is 11.4. The van der Waals surface area contributed by atoms with Crippen LogP contribution in [0.4, 0.5) is 0 Å². The maximum Gasteiger partial charge on any atom is 0.268 e. The predicted molar refractivity (Wildman–Crippen MR) is 98.6 cm³/mol. The number of amides is 1. The number of halogens is 1. The van der Waals surface area contributed by atoms with Crippen molar-refractivity contribution in [2.45, 2.75) is 26.7 Å². The van der Waals surface area contributed by atoms with Gasteiger partial charge in [0, 0.05) is 31.4 Å². The molecule has 24 heavy (non-hydrogen) atoms. The molecule has 0 aromatic heterocycles. The van der Waals surface area contributed by atoms with E-state index in [1.165, 1.54) is 0 Å². The Morgan fingerprint density at radius 2 is 2.04 bits per heavy atom.